The Morgan fingerprint density at radius 2 is 1.67 bits per heavy atom. The second-order valence-electron chi connectivity index (χ2n) is 5.73. The molecule has 0 atom stereocenters. The van der Waals surface area contributed by atoms with Crippen molar-refractivity contribution in [2.45, 2.75) is 12.8 Å². The van der Waals surface area contributed by atoms with Gasteiger partial charge in [0.2, 0.25) is 0 Å². The van der Waals surface area contributed by atoms with E-state index >= 15 is 0 Å². The van der Waals surface area contributed by atoms with Crippen LogP contribution in [-0.4, -0.2) is 38.6 Å². The molecule has 1 fully saturated rings. The summed E-state index contributed by atoms with van der Waals surface area (Å²) in [7, 11) is 3.34. The van der Waals surface area contributed by atoms with Crippen molar-refractivity contribution in [3.8, 4) is 17.2 Å². The first-order valence-electron chi connectivity index (χ1n) is 8.05. The van der Waals surface area contributed by atoms with E-state index in [0.717, 1.165) is 41.5 Å². The molecule has 0 unspecified atom stereocenters. The summed E-state index contributed by atoms with van der Waals surface area (Å²) in [6.07, 6.45) is 4.16. The number of benzene rings is 2. The van der Waals surface area contributed by atoms with Crippen molar-refractivity contribution in [2.24, 2.45) is 4.99 Å². The molecule has 24 heavy (non-hydrogen) atoms. The average molecular weight is 326 g/mol. The molecule has 0 amide bonds. The second kappa shape index (κ2) is 7.25. The summed E-state index contributed by atoms with van der Waals surface area (Å²) >= 11 is 0. The summed E-state index contributed by atoms with van der Waals surface area (Å²) in [5, 5.41) is 9.33. The molecule has 1 N–H and O–H groups in total. The quantitative estimate of drug-likeness (QED) is 0.850. The molecule has 1 saturated heterocycles. The Kier molecular flexibility index (Phi) is 4.89. The van der Waals surface area contributed by atoms with Crippen LogP contribution in [0.25, 0.3) is 0 Å². The van der Waals surface area contributed by atoms with Crippen molar-refractivity contribution in [3.05, 3.63) is 42.0 Å². The summed E-state index contributed by atoms with van der Waals surface area (Å²) in [5.74, 6) is 1.81. The van der Waals surface area contributed by atoms with Gasteiger partial charge in [0.1, 0.15) is 17.2 Å². The van der Waals surface area contributed by atoms with Crippen molar-refractivity contribution in [1.82, 2.24) is 0 Å². The van der Waals surface area contributed by atoms with Gasteiger partial charge in [-0.15, -0.1) is 0 Å². The normalized spacial score (nSPS) is 14.3. The van der Waals surface area contributed by atoms with Crippen LogP contribution in [0.15, 0.2) is 41.4 Å². The van der Waals surface area contributed by atoms with Gasteiger partial charge >= 0.3 is 0 Å². The van der Waals surface area contributed by atoms with E-state index < -0.39 is 0 Å². The molecule has 1 heterocycles. The fourth-order valence-corrected chi connectivity index (χ4v) is 2.89. The van der Waals surface area contributed by atoms with Crippen molar-refractivity contribution in [2.75, 3.05) is 32.2 Å². The van der Waals surface area contributed by atoms with Crippen molar-refractivity contribution in [3.63, 3.8) is 0 Å². The lowest BCUT2D eigenvalue weighted by atomic mass is 10.1. The molecule has 1 aliphatic rings. The number of phenols is 1. The van der Waals surface area contributed by atoms with Gasteiger partial charge in [0.25, 0.3) is 0 Å². The number of ether oxygens (including phenoxy) is 2. The second-order valence-corrected chi connectivity index (χ2v) is 5.73. The minimum absolute atomic E-state index is 0.225. The van der Waals surface area contributed by atoms with E-state index in [4.69, 9.17) is 9.47 Å². The number of anilines is 1. The van der Waals surface area contributed by atoms with E-state index in [2.05, 4.69) is 9.89 Å². The molecule has 2 aromatic carbocycles. The maximum atomic E-state index is 9.33. The van der Waals surface area contributed by atoms with E-state index in [-0.39, 0.29) is 5.75 Å². The van der Waals surface area contributed by atoms with Crippen LogP contribution in [0.2, 0.25) is 0 Å². The molecule has 0 bridgehead atoms. The van der Waals surface area contributed by atoms with Crippen molar-refractivity contribution < 1.29 is 14.6 Å². The van der Waals surface area contributed by atoms with E-state index in [9.17, 15) is 5.11 Å². The molecular formula is C19H22N2O3. The Labute approximate surface area is 142 Å². The monoisotopic (exact) mass is 326 g/mol. The maximum absolute atomic E-state index is 9.33. The number of phenolic OH excluding ortho intramolecular Hbond substituents is 1. The van der Waals surface area contributed by atoms with Gasteiger partial charge in [-0.1, -0.05) is 0 Å². The van der Waals surface area contributed by atoms with E-state index in [1.54, 1.807) is 44.7 Å². The average Bonchev–Trinajstić information content (AvgIpc) is 3.15. The fraction of sp³-hybridized carbons (Fsp3) is 0.316. The number of rotatable bonds is 5. The molecule has 0 aromatic heterocycles. The standard InChI is InChI=1S/C19H22N2O3/c1-23-18-12-17(21-9-3-4-10-21)19(24-2)11-14(18)13-20-15-5-7-16(22)8-6-15/h5-8,11-13,22H,3-4,9-10H2,1-2H3. The van der Waals surface area contributed by atoms with Gasteiger partial charge in [-0.2, -0.15) is 0 Å². The van der Waals surface area contributed by atoms with Gasteiger partial charge in [0.05, 0.1) is 25.6 Å². The highest BCUT2D eigenvalue weighted by atomic mass is 16.5. The van der Waals surface area contributed by atoms with Crippen LogP contribution in [0.5, 0.6) is 17.2 Å². The lowest BCUT2D eigenvalue weighted by molar-refractivity contribution is 0.402. The third-order valence-corrected chi connectivity index (χ3v) is 4.18. The number of hydrogen-bond acceptors (Lipinski definition) is 5. The first-order chi connectivity index (χ1) is 11.7. The predicted octanol–water partition coefficient (Wildman–Crippen LogP) is 3.76. The molecule has 2 aromatic rings. The smallest absolute Gasteiger partial charge is 0.143 e. The third-order valence-electron chi connectivity index (χ3n) is 4.18. The highest BCUT2D eigenvalue weighted by Gasteiger charge is 2.19. The minimum Gasteiger partial charge on any atom is -0.508 e. The van der Waals surface area contributed by atoms with Crippen molar-refractivity contribution >= 4 is 17.6 Å². The van der Waals surface area contributed by atoms with Crippen LogP contribution in [0.1, 0.15) is 18.4 Å². The Bertz CT molecular complexity index is 720. The topological polar surface area (TPSA) is 54.3 Å². The molecule has 126 valence electrons. The largest absolute Gasteiger partial charge is 0.508 e. The molecule has 0 radical (unpaired) electrons. The first kappa shape index (κ1) is 16.2. The first-order valence-corrected chi connectivity index (χ1v) is 8.05. The van der Waals surface area contributed by atoms with Crippen LogP contribution in [0, 0.1) is 0 Å². The Balaban J connectivity index is 1.93. The fourth-order valence-electron chi connectivity index (χ4n) is 2.89. The number of methoxy groups -OCH3 is 2. The molecular weight excluding hydrogens is 304 g/mol. The zero-order valence-corrected chi connectivity index (χ0v) is 14.0. The zero-order valence-electron chi connectivity index (χ0n) is 14.0. The van der Waals surface area contributed by atoms with Gasteiger partial charge in [-0.3, -0.25) is 4.99 Å². The Hall–Kier alpha value is -2.69. The van der Waals surface area contributed by atoms with Crippen LogP contribution in [-0.2, 0) is 0 Å². The van der Waals surface area contributed by atoms with Gasteiger partial charge in [0, 0.05) is 30.9 Å². The van der Waals surface area contributed by atoms with E-state index in [1.165, 1.54) is 12.8 Å². The summed E-state index contributed by atoms with van der Waals surface area (Å²) in [5.41, 5.74) is 2.68. The summed E-state index contributed by atoms with van der Waals surface area (Å²) in [6.45, 7) is 2.08. The molecule has 0 saturated carbocycles. The van der Waals surface area contributed by atoms with Gasteiger partial charge in [-0.05, 0) is 43.2 Å². The zero-order chi connectivity index (χ0) is 16.9. The molecule has 0 spiro atoms. The van der Waals surface area contributed by atoms with E-state index in [1.807, 2.05) is 12.1 Å². The highest BCUT2D eigenvalue weighted by Crippen LogP contribution is 2.36. The number of aromatic hydroxyl groups is 1. The molecule has 5 nitrogen and oxygen atoms in total. The van der Waals surface area contributed by atoms with Gasteiger partial charge in [0.15, 0.2) is 0 Å². The number of nitrogens with zero attached hydrogens (tertiary/aromatic N) is 2. The number of aliphatic imine (C=N–C) groups is 1. The van der Waals surface area contributed by atoms with E-state index in [0.29, 0.717) is 0 Å². The Morgan fingerprint density at radius 3 is 2.29 bits per heavy atom. The van der Waals surface area contributed by atoms with Gasteiger partial charge in [-0.25, -0.2) is 0 Å². The maximum Gasteiger partial charge on any atom is 0.143 e. The SMILES string of the molecule is COc1cc(N2CCCC2)c(OC)cc1C=Nc1ccc(O)cc1. The predicted molar refractivity (Wildman–Crippen MR) is 96.4 cm³/mol. The molecule has 5 heteroatoms. The van der Waals surface area contributed by atoms with Crippen LogP contribution >= 0.6 is 0 Å². The summed E-state index contributed by atoms with van der Waals surface area (Å²) < 4.78 is 11.1. The van der Waals surface area contributed by atoms with Crippen molar-refractivity contribution in [1.29, 1.82) is 0 Å². The Morgan fingerprint density at radius 1 is 1.00 bits per heavy atom. The van der Waals surface area contributed by atoms with Crippen LogP contribution in [0.4, 0.5) is 11.4 Å². The summed E-state index contributed by atoms with van der Waals surface area (Å²) in [6, 6.07) is 10.7. The lowest BCUT2D eigenvalue weighted by Crippen LogP contribution is -2.18. The summed E-state index contributed by atoms with van der Waals surface area (Å²) in [4.78, 5) is 6.77. The molecule has 0 aliphatic carbocycles. The van der Waals surface area contributed by atoms with Crippen LogP contribution in [0.3, 0.4) is 0 Å². The highest BCUT2D eigenvalue weighted by molar-refractivity contribution is 5.88. The van der Waals surface area contributed by atoms with Gasteiger partial charge < -0.3 is 19.5 Å². The lowest BCUT2D eigenvalue weighted by Gasteiger charge is -2.22. The van der Waals surface area contributed by atoms with Crippen LogP contribution < -0.4 is 14.4 Å². The molecule has 3 rings (SSSR count). The minimum atomic E-state index is 0.225. The number of hydrogen-bond donors (Lipinski definition) is 1. The third kappa shape index (κ3) is 3.45. The molecule has 1 aliphatic heterocycles.